The predicted octanol–water partition coefficient (Wildman–Crippen LogP) is 1.54. The van der Waals surface area contributed by atoms with Crippen molar-refractivity contribution < 1.29 is 19.6 Å². The maximum absolute atomic E-state index is 11.5. The van der Waals surface area contributed by atoms with E-state index in [-0.39, 0.29) is 17.3 Å². The summed E-state index contributed by atoms with van der Waals surface area (Å²) in [6.45, 7) is 0.376. The van der Waals surface area contributed by atoms with Crippen molar-refractivity contribution in [2.75, 3.05) is 18.1 Å². The standard InChI is InChI=1S/C13H14N2O5S/c16-12(14-7-8-21-9-13(17)18)6-3-10-1-4-11(5-2-10)15(19)20/h1-6H,7-9H2,(H,14,16)(H,17,18)/b6-3+. The Morgan fingerprint density at radius 3 is 2.57 bits per heavy atom. The first-order valence-electron chi connectivity index (χ1n) is 5.99. The number of carboxylic acid groups (broad SMARTS) is 1. The molecule has 0 spiro atoms. The quantitative estimate of drug-likeness (QED) is 0.326. The molecule has 0 unspecified atom stereocenters. The number of nitro groups is 1. The van der Waals surface area contributed by atoms with E-state index in [0.29, 0.717) is 17.9 Å². The molecule has 1 aromatic rings. The zero-order chi connectivity index (χ0) is 15.7. The van der Waals surface area contributed by atoms with E-state index in [0.717, 1.165) is 0 Å². The van der Waals surface area contributed by atoms with Crippen LogP contribution in [0, 0.1) is 10.1 Å². The molecule has 0 saturated heterocycles. The van der Waals surface area contributed by atoms with E-state index in [2.05, 4.69) is 5.32 Å². The minimum Gasteiger partial charge on any atom is -0.481 e. The molecular weight excluding hydrogens is 296 g/mol. The Morgan fingerprint density at radius 1 is 1.33 bits per heavy atom. The topological polar surface area (TPSA) is 110 Å². The van der Waals surface area contributed by atoms with Crippen LogP contribution in [0.3, 0.4) is 0 Å². The number of thioether (sulfide) groups is 1. The number of nitrogens with one attached hydrogen (secondary N) is 1. The minimum atomic E-state index is -0.885. The maximum Gasteiger partial charge on any atom is 0.313 e. The average molecular weight is 310 g/mol. The van der Waals surface area contributed by atoms with Gasteiger partial charge in [-0.2, -0.15) is 0 Å². The van der Waals surface area contributed by atoms with Gasteiger partial charge in [0.15, 0.2) is 0 Å². The number of nitrogens with zero attached hydrogens (tertiary/aromatic N) is 1. The van der Waals surface area contributed by atoms with Crippen molar-refractivity contribution in [3.8, 4) is 0 Å². The summed E-state index contributed by atoms with van der Waals surface area (Å²) < 4.78 is 0. The third kappa shape index (κ3) is 7.11. The predicted molar refractivity (Wildman–Crippen MR) is 80.1 cm³/mol. The molecular formula is C13H14N2O5S. The van der Waals surface area contributed by atoms with E-state index in [1.165, 1.54) is 30.0 Å². The van der Waals surface area contributed by atoms with Crippen LogP contribution in [-0.2, 0) is 9.59 Å². The Kier molecular flexibility index (Phi) is 6.96. The normalized spacial score (nSPS) is 10.5. The zero-order valence-electron chi connectivity index (χ0n) is 11.0. The number of rotatable bonds is 8. The molecule has 1 amide bonds. The fraction of sp³-hybridized carbons (Fsp3) is 0.231. The largest absolute Gasteiger partial charge is 0.481 e. The van der Waals surface area contributed by atoms with Crippen LogP contribution in [0.5, 0.6) is 0 Å². The van der Waals surface area contributed by atoms with Gasteiger partial charge in [-0.3, -0.25) is 19.7 Å². The summed E-state index contributed by atoms with van der Waals surface area (Å²) in [4.78, 5) is 31.7. The van der Waals surface area contributed by atoms with Crippen molar-refractivity contribution in [3.05, 3.63) is 46.0 Å². The summed E-state index contributed by atoms with van der Waals surface area (Å²) >= 11 is 1.22. The SMILES string of the molecule is O=C(O)CSCCNC(=O)/C=C/c1ccc([N+](=O)[O-])cc1. The van der Waals surface area contributed by atoms with E-state index in [1.807, 2.05) is 0 Å². The molecule has 0 fully saturated rings. The lowest BCUT2D eigenvalue weighted by atomic mass is 10.2. The lowest BCUT2D eigenvalue weighted by molar-refractivity contribution is -0.384. The highest BCUT2D eigenvalue weighted by Crippen LogP contribution is 2.12. The summed E-state index contributed by atoms with van der Waals surface area (Å²) in [7, 11) is 0. The fourth-order valence-electron chi connectivity index (χ4n) is 1.34. The van der Waals surface area contributed by atoms with Gasteiger partial charge in [0.25, 0.3) is 5.69 Å². The smallest absolute Gasteiger partial charge is 0.313 e. The summed E-state index contributed by atoms with van der Waals surface area (Å²) in [5, 5.41) is 21.5. The van der Waals surface area contributed by atoms with Gasteiger partial charge in [0.05, 0.1) is 10.7 Å². The molecule has 0 aliphatic heterocycles. The highest BCUT2D eigenvalue weighted by molar-refractivity contribution is 7.99. The van der Waals surface area contributed by atoms with Crippen LogP contribution in [0.15, 0.2) is 30.3 Å². The molecule has 21 heavy (non-hydrogen) atoms. The van der Waals surface area contributed by atoms with Crippen LogP contribution < -0.4 is 5.32 Å². The summed E-state index contributed by atoms with van der Waals surface area (Å²) in [6, 6.07) is 5.81. The van der Waals surface area contributed by atoms with Gasteiger partial charge in [0, 0.05) is 30.5 Å². The van der Waals surface area contributed by atoms with Crippen LogP contribution in [-0.4, -0.2) is 40.0 Å². The van der Waals surface area contributed by atoms with Crippen LogP contribution in [0.2, 0.25) is 0 Å². The van der Waals surface area contributed by atoms with Gasteiger partial charge < -0.3 is 10.4 Å². The lowest BCUT2D eigenvalue weighted by Gasteiger charge is -2.00. The molecule has 7 nitrogen and oxygen atoms in total. The van der Waals surface area contributed by atoms with Gasteiger partial charge >= 0.3 is 5.97 Å². The molecule has 1 rings (SSSR count). The number of amides is 1. The van der Waals surface area contributed by atoms with Crippen molar-refractivity contribution in [3.63, 3.8) is 0 Å². The van der Waals surface area contributed by atoms with E-state index in [9.17, 15) is 19.7 Å². The number of hydrogen-bond donors (Lipinski definition) is 2. The van der Waals surface area contributed by atoms with E-state index in [4.69, 9.17) is 5.11 Å². The number of carbonyl (C=O) groups is 2. The van der Waals surface area contributed by atoms with E-state index in [1.54, 1.807) is 18.2 Å². The van der Waals surface area contributed by atoms with E-state index >= 15 is 0 Å². The first-order chi connectivity index (χ1) is 9.99. The average Bonchev–Trinajstić information content (AvgIpc) is 2.44. The minimum absolute atomic E-state index is 0.00735. The Hall–Kier alpha value is -2.35. The van der Waals surface area contributed by atoms with Gasteiger partial charge in [-0.1, -0.05) is 0 Å². The Bertz CT molecular complexity index is 542. The molecule has 2 N–H and O–H groups in total. The number of benzene rings is 1. The lowest BCUT2D eigenvalue weighted by Crippen LogP contribution is -2.23. The van der Waals surface area contributed by atoms with Crippen molar-refractivity contribution in [1.82, 2.24) is 5.32 Å². The zero-order valence-corrected chi connectivity index (χ0v) is 11.8. The van der Waals surface area contributed by atoms with Crippen LogP contribution in [0.1, 0.15) is 5.56 Å². The molecule has 8 heteroatoms. The molecule has 1 aromatic carbocycles. The Labute approximate surface area is 125 Å². The molecule has 0 aliphatic carbocycles. The number of non-ortho nitro benzene ring substituents is 1. The number of carboxylic acids is 1. The van der Waals surface area contributed by atoms with Gasteiger partial charge in [-0.05, 0) is 23.8 Å². The fourth-order valence-corrected chi connectivity index (χ4v) is 1.91. The molecule has 0 bridgehead atoms. The molecule has 0 aromatic heterocycles. The maximum atomic E-state index is 11.5. The summed E-state index contributed by atoms with van der Waals surface area (Å²) in [6.07, 6.45) is 2.87. The first-order valence-corrected chi connectivity index (χ1v) is 7.14. The van der Waals surface area contributed by atoms with Gasteiger partial charge in [-0.25, -0.2) is 0 Å². The third-order valence-corrected chi connectivity index (χ3v) is 3.25. The third-order valence-electron chi connectivity index (χ3n) is 2.30. The van der Waals surface area contributed by atoms with Crippen LogP contribution in [0.4, 0.5) is 5.69 Å². The van der Waals surface area contributed by atoms with Crippen molar-refractivity contribution in [2.24, 2.45) is 0 Å². The summed E-state index contributed by atoms with van der Waals surface area (Å²) in [5.41, 5.74) is 0.669. The van der Waals surface area contributed by atoms with Gasteiger partial charge in [0.2, 0.25) is 5.91 Å². The van der Waals surface area contributed by atoms with Crippen LogP contribution in [0.25, 0.3) is 6.08 Å². The van der Waals surface area contributed by atoms with Crippen molar-refractivity contribution >= 4 is 35.4 Å². The summed E-state index contributed by atoms with van der Waals surface area (Å²) in [5.74, 6) is -0.661. The second-order valence-electron chi connectivity index (χ2n) is 3.92. The Balaban J connectivity index is 2.33. The second kappa shape index (κ2) is 8.75. The number of hydrogen-bond acceptors (Lipinski definition) is 5. The molecule has 0 aliphatic rings. The molecule has 0 saturated carbocycles. The van der Waals surface area contributed by atoms with Crippen molar-refractivity contribution in [2.45, 2.75) is 0 Å². The molecule has 0 radical (unpaired) electrons. The first kappa shape index (κ1) is 16.7. The monoisotopic (exact) mass is 310 g/mol. The second-order valence-corrected chi connectivity index (χ2v) is 5.02. The van der Waals surface area contributed by atoms with Gasteiger partial charge in [0.1, 0.15) is 0 Å². The highest BCUT2D eigenvalue weighted by Gasteiger charge is 2.02. The molecule has 0 heterocycles. The van der Waals surface area contributed by atoms with E-state index < -0.39 is 10.9 Å². The van der Waals surface area contributed by atoms with Gasteiger partial charge in [-0.15, -0.1) is 11.8 Å². The van der Waals surface area contributed by atoms with Crippen LogP contribution >= 0.6 is 11.8 Å². The molecule has 112 valence electrons. The Morgan fingerprint density at radius 2 is 2.00 bits per heavy atom. The highest BCUT2D eigenvalue weighted by atomic mass is 32.2. The molecule has 0 atom stereocenters. The number of nitro benzene ring substituents is 1. The number of aliphatic carboxylic acids is 1. The van der Waals surface area contributed by atoms with Crippen molar-refractivity contribution in [1.29, 1.82) is 0 Å². The number of carbonyl (C=O) groups excluding carboxylic acids is 1.